The molecular weight excluding hydrogens is 456 g/mol. The first-order valence-corrected chi connectivity index (χ1v) is 12.6. The third kappa shape index (κ3) is 7.13. The molecule has 0 saturated carbocycles. The Kier molecular flexibility index (Phi) is 9.58. The van der Waals surface area contributed by atoms with E-state index in [0.717, 1.165) is 67.6 Å². The number of ketones is 1. The summed E-state index contributed by atoms with van der Waals surface area (Å²) in [6, 6.07) is 9.95. The quantitative estimate of drug-likeness (QED) is 0.381. The number of likely N-dealkylation sites (tertiary alicyclic amines) is 1. The molecule has 0 aliphatic carbocycles. The lowest BCUT2D eigenvalue weighted by Crippen LogP contribution is -2.59. The number of carbonyl (C=O) groups excluding carboxylic acids is 2. The highest BCUT2D eigenvalue weighted by Gasteiger charge is 2.41. The number of oxazole rings is 1. The minimum atomic E-state index is -0.241. The minimum Gasteiger partial charge on any atom is -0.480 e. The molecule has 1 saturated heterocycles. The summed E-state index contributed by atoms with van der Waals surface area (Å²) in [5.41, 5.74) is 6.59. The number of primary amides is 1. The first-order chi connectivity index (χ1) is 17.3. The molecule has 3 aromatic rings. The molecule has 36 heavy (non-hydrogen) atoms. The summed E-state index contributed by atoms with van der Waals surface area (Å²) in [5.74, 6) is 2.11. The second kappa shape index (κ2) is 12.6. The van der Waals surface area contributed by atoms with Crippen LogP contribution in [0.2, 0.25) is 0 Å². The van der Waals surface area contributed by atoms with Gasteiger partial charge in [0.05, 0.1) is 29.8 Å². The molecule has 194 valence electrons. The number of para-hydroxylation sites is 1. The van der Waals surface area contributed by atoms with E-state index in [1.165, 1.54) is 0 Å². The fourth-order valence-corrected chi connectivity index (χ4v) is 4.41. The van der Waals surface area contributed by atoms with Crippen molar-refractivity contribution >= 4 is 22.6 Å². The molecule has 1 amide bonds. The first-order valence-electron chi connectivity index (χ1n) is 12.6. The number of unbranched alkanes of at least 4 members (excludes halogenated alkanes) is 3. The number of pyridine rings is 1. The monoisotopic (exact) mass is 494 g/mol. The maximum Gasteiger partial charge on any atom is 0.225 e. The number of nitrogens with two attached hydrogens (primary N) is 1. The van der Waals surface area contributed by atoms with E-state index < -0.39 is 0 Å². The van der Waals surface area contributed by atoms with E-state index in [0.29, 0.717) is 30.3 Å². The van der Waals surface area contributed by atoms with Gasteiger partial charge in [0.15, 0.2) is 11.7 Å². The highest BCUT2D eigenvalue weighted by Crippen LogP contribution is 2.32. The van der Waals surface area contributed by atoms with Crippen LogP contribution < -0.4 is 10.5 Å². The smallest absolute Gasteiger partial charge is 0.225 e. The molecule has 8 nitrogen and oxygen atoms in total. The Morgan fingerprint density at radius 2 is 1.89 bits per heavy atom. The predicted molar refractivity (Wildman–Crippen MR) is 141 cm³/mol. The molecule has 3 heterocycles. The average Bonchev–Trinajstić information content (AvgIpc) is 3.33. The van der Waals surface area contributed by atoms with Crippen molar-refractivity contribution in [2.24, 2.45) is 11.1 Å². The first kappa shape index (κ1) is 27.3. The molecular formula is C28H38N4O4. The summed E-state index contributed by atoms with van der Waals surface area (Å²) in [5, 5.41) is 1.04. The van der Waals surface area contributed by atoms with Gasteiger partial charge in [0.25, 0.3) is 0 Å². The fraction of sp³-hybridized carbons (Fsp3) is 0.500. The van der Waals surface area contributed by atoms with Crippen molar-refractivity contribution in [1.29, 1.82) is 0 Å². The van der Waals surface area contributed by atoms with Gasteiger partial charge < -0.3 is 19.8 Å². The molecule has 1 fully saturated rings. The van der Waals surface area contributed by atoms with Crippen LogP contribution in [0.25, 0.3) is 22.2 Å². The van der Waals surface area contributed by atoms with Gasteiger partial charge in [0, 0.05) is 37.7 Å². The van der Waals surface area contributed by atoms with E-state index in [2.05, 4.69) is 14.9 Å². The Morgan fingerprint density at radius 3 is 2.53 bits per heavy atom. The van der Waals surface area contributed by atoms with Gasteiger partial charge >= 0.3 is 0 Å². The summed E-state index contributed by atoms with van der Waals surface area (Å²) in [6.07, 6.45) is 8.02. The summed E-state index contributed by atoms with van der Waals surface area (Å²) in [6.45, 7) is 5.43. The molecule has 8 heteroatoms. The van der Waals surface area contributed by atoms with Crippen molar-refractivity contribution in [2.45, 2.75) is 58.8 Å². The zero-order valence-corrected chi connectivity index (χ0v) is 21.9. The predicted octanol–water partition coefficient (Wildman–Crippen LogP) is 4.79. The van der Waals surface area contributed by atoms with Gasteiger partial charge in [0.2, 0.25) is 11.8 Å². The molecule has 2 N–H and O–H groups in total. The molecule has 2 aromatic heterocycles. The summed E-state index contributed by atoms with van der Waals surface area (Å²) >= 11 is 0. The number of carbonyl (C=O) groups is 2. The fourth-order valence-electron chi connectivity index (χ4n) is 4.41. The maximum absolute atomic E-state index is 11.3. The van der Waals surface area contributed by atoms with Crippen LogP contribution in [-0.2, 0) is 16.0 Å². The SMILES string of the molecule is CCC(=O)CCCCCCc1ncc(-c2cc3ccccc3nc2OC)o1.CN1CC(C)(C(N)=O)C1. The lowest BCUT2D eigenvalue weighted by atomic mass is 9.82. The number of ether oxygens (including phenoxy) is 1. The molecule has 4 rings (SSSR count). The van der Waals surface area contributed by atoms with Gasteiger partial charge in [-0.25, -0.2) is 9.97 Å². The van der Waals surface area contributed by atoms with Crippen LogP contribution >= 0.6 is 0 Å². The number of fused-ring (bicyclic) bond motifs is 1. The summed E-state index contributed by atoms with van der Waals surface area (Å²) in [4.78, 5) is 33.0. The van der Waals surface area contributed by atoms with Gasteiger partial charge in [-0.15, -0.1) is 0 Å². The number of methoxy groups -OCH3 is 1. The molecule has 0 radical (unpaired) electrons. The number of amides is 1. The Labute approximate surface area is 213 Å². The average molecular weight is 495 g/mol. The Hall–Kier alpha value is -3.26. The van der Waals surface area contributed by atoms with Crippen molar-refractivity contribution in [2.75, 3.05) is 27.2 Å². The van der Waals surface area contributed by atoms with E-state index in [-0.39, 0.29) is 11.3 Å². The van der Waals surface area contributed by atoms with E-state index in [1.54, 1.807) is 13.3 Å². The second-order valence-corrected chi connectivity index (χ2v) is 9.76. The van der Waals surface area contributed by atoms with Crippen LogP contribution in [0, 0.1) is 5.41 Å². The molecule has 0 unspecified atom stereocenters. The molecule has 1 aliphatic rings. The Bertz CT molecular complexity index is 1170. The number of aryl methyl sites for hydroxylation is 1. The van der Waals surface area contributed by atoms with Crippen molar-refractivity contribution < 1.29 is 18.7 Å². The maximum atomic E-state index is 11.3. The number of rotatable bonds is 11. The second-order valence-electron chi connectivity index (χ2n) is 9.76. The highest BCUT2D eigenvalue weighted by molar-refractivity contribution is 5.85. The van der Waals surface area contributed by atoms with Crippen LogP contribution in [0.1, 0.15) is 58.3 Å². The lowest BCUT2D eigenvalue weighted by Gasteiger charge is -2.43. The molecule has 1 aliphatic heterocycles. The number of aromatic nitrogens is 2. The number of hydrogen-bond acceptors (Lipinski definition) is 7. The standard InChI is InChI=1S/C22H26N2O3.C6H12N2O/c1-3-17(25)11-6-4-5-7-13-21-23-15-20(27-21)18-14-16-10-8-9-12-19(16)24-22(18)26-2;1-6(5(7)9)3-8(2)4-6/h8-10,12,14-15H,3-7,11,13H2,1-2H3;3-4H2,1-2H3,(H2,7,9). The zero-order valence-electron chi connectivity index (χ0n) is 21.9. The van der Waals surface area contributed by atoms with Gasteiger partial charge in [-0.05, 0) is 38.9 Å². The van der Waals surface area contributed by atoms with Crippen molar-refractivity contribution in [3.63, 3.8) is 0 Å². The number of Topliss-reactive ketones (excluding diaryl/α,β-unsaturated/α-hetero) is 1. The van der Waals surface area contributed by atoms with Crippen LogP contribution in [0.5, 0.6) is 5.88 Å². The number of hydrogen-bond donors (Lipinski definition) is 1. The van der Waals surface area contributed by atoms with Crippen molar-refractivity contribution in [3.05, 3.63) is 42.4 Å². The summed E-state index contributed by atoms with van der Waals surface area (Å²) in [7, 11) is 3.59. The molecule has 1 aromatic carbocycles. The van der Waals surface area contributed by atoms with Crippen molar-refractivity contribution in [1.82, 2.24) is 14.9 Å². The van der Waals surface area contributed by atoms with Crippen LogP contribution in [0.4, 0.5) is 0 Å². The Balaban J connectivity index is 0.000000338. The molecule has 0 spiro atoms. The van der Waals surface area contributed by atoms with Gasteiger partial charge in [0.1, 0.15) is 5.78 Å². The van der Waals surface area contributed by atoms with E-state index in [4.69, 9.17) is 14.9 Å². The van der Waals surface area contributed by atoms with E-state index in [1.807, 2.05) is 51.2 Å². The normalized spacial score (nSPS) is 14.6. The summed E-state index contributed by atoms with van der Waals surface area (Å²) < 4.78 is 11.4. The topological polar surface area (TPSA) is 112 Å². The van der Waals surface area contributed by atoms with Gasteiger partial charge in [-0.1, -0.05) is 38.0 Å². The minimum absolute atomic E-state index is 0.180. The van der Waals surface area contributed by atoms with Crippen LogP contribution in [0.15, 0.2) is 40.9 Å². The zero-order chi connectivity index (χ0) is 26.1. The number of benzene rings is 1. The molecule has 0 atom stereocenters. The van der Waals surface area contributed by atoms with Gasteiger partial charge in [-0.3, -0.25) is 9.59 Å². The Morgan fingerprint density at radius 1 is 1.17 bits per heavy atom. The third-order valence-electron chi connectivity index (χ3n) is 6.52. The van der Waals surface area contributed by atoms with Crippen molar-refractivity contribution in [3.8, 4) is 17.2 Å². The van der Waals surface area contributed by atoms with Crippen LogP contribution in [-0.4, -0.2) is 53.8 Å². The van der Waals surface area contributed by atoms with E-state index >= 15 is 0 Å². The van der Waals surface area contributed by atoms with Crippen LogP contribution in [0.3, 0.4) is 0 Å². The lowest BCUT2D eigenvalue weighted by molar-refractivity contribution is -0.135. The van der Waals surface area contributed by atoms with E-state index in [9.17, 15) is 9.59 Å². The molecule has 0 bridgehead atoms. The number of nitrogens with zero attached hydrogens (tertiary/aromatic N) is 3. The largest absolute Gasteiger partial charge is 0.480 e. The van der Waals surface area contributed by atoms with Gasteiger partial charge in [-0.2, -0.15) is 0 Å². The third-order valence-corrected chi connectivity index (χ3v) is 6.52. The highest BCUT2D eigenvalue weighted by atomic mass is 16.5.